The first kappa shape index (κ1) is 15.8. The average Bonchev–Trinajstić information content (AvgIpc) is 2.48. The van der Waals surface area contributed by atoms with E-state index >= 15 is 0 Å². The number of carbonyl (C=O) groups excluding carboxylic acids is 2. The van der Waals surface area contributed by atoms with Gasteiger partial charge in [0.2, 0.25) is 0 Å². The summed E-state index contributed by atoms with van der Waals surface area (Å²) in [5, 5.41) is 2.72. The minimum Gasteiger partial charge on any atom is -0.455 e. The molecule has 0 unspecified atom stereocenters. The van der Waals surface area contributed by atoms with Crippen molar-refractivity contribution in [3.05, 3.63) is 40.4 Å². The van der Waals surface area contributed by atoms with Crippen LogP contribution in [0.15, 0.2) is 34.8 Å². The van der Waals surface area contributed by atoms with Crippen LogP contribution < -0.4 is 5.32 Å². The van der Waals surface area contributed by atoms with Crippen LogP contribution in [0.1, 0.15) is 24.8 Å². The molecule has 0 spiro atoms. The Labute approximate surface area is 132 Å². The van der Waals surface area contributed by atoms with Crippen LogP contribution in [0.2, 0.25) is 0 Å². The van der Waals surface area contributed by atoms with Crippen LogP contribution in [-0.4, -0.2) is 18.5 Å². The lowest BCUT2D eigenvalue weighted by molar-refractivity contribution is -0.151. The summed E-state index contributed by atoms with van der Waals surface area (Å²) in [6, 6.07) is 5.63. The standard InChI is InChI=1S/C16H18BrNO3/c1-11-7-8-14(13(17)9-11)18-15(19)10-21-16(20)12-5-3-2-4-6-12/h2-3,7-9,12H,4-6,10H2,1H3,(H,18,19)/t12-/m1/s1. The summed E-state index contributed by atoms with van der Waals surface area (Å²) in [4.78, 5) is 23.6. The highest BCUT2D eigenvalue weighted by atomic mass is 79.9. The fraction of sp³-hybridized carbons (Fsp3) is 0.375. The summed E-state index contributed by atoms with van der Waals surface area (Å²) >= 11 is 3.39. The smallest absolute Gasteiger partial charge is 0.309 e. The van der Waals surface area contributed by atoms with Crippen LogP contribution >= 0.6 is 15.9 Å². The SMILES string of the molecule is Cc1ccc(NC(=O)COC(=O)[C@@H]2CC=CCC2)c(Br)c1. The molecule has 1 aliphatic rings. The van der Waals surface area contributed by atoms with E-state index in [1.165, 1.54) is 0 Å². The number of rotatable bonds is 4. The Kier molecular flexibility index (Phi) is 5.56. The highest BCUT2D eigenvalue weighted by Crippen LogP contribution is 2.23. The number of aryl methyl sites for hydroxylation is 1. The molecule has 112 valence electrons. The lowest BCUT2D eigenvalue weighted by Crippen LogP contribution is -2.25. The zero-order valence-corrected chi connectivity index (χ0v) is 13.5. The summed E-state index contributed by atoms with van der Waals surface area (Å²) in [5.41, 5.74) is 1.76. The fourth-order valence-electron chi connectivity index (χ4n) is 2.17. The molecule has 2 rings (SSSR count). The van der Waals surface area contributed by atoms with E-state index in [-0.39, 0.29) is 24.4 Å². The molecule has 1 aromatic carbocycles. The summed E-state index contributed by atoms with van der Waals surface area (Å²) in [5.74, 6) is -0.745. The second-order valence-corrected chi connectivity index (χ2v) is 5.97. The van der Waals surface area contributed by atoms with Gasteiger partial charge >= 0.3 is 5.97 Å². The molecule has 0 aliphatic heterocycles. The molecule has 0 fully saturated rings. The maximum absolute atomic E-state index is 11.8. The molecule has 0 saturated heterocycles. The lowest BCUT2D eigenvalue weighted by atomic mass is 9.95. The normalized spacial score (nSPS) is 17.3. The van der Waals surface area contributed by atoms with Crippen LogP contribution in [0.3, 0.4) is 0 Å². The third-order valence-electron chi connectivity index (χ3n) is 3.35. The number of hydrogen-bond donors (Lipinski definition) is 1. The molecule has 1 aliphatic carbocycles. The Hall–Kier alpha value is -1.62. The predicted octanol–water partition coefficient (Wildman–Crippen LogP) is 3.60. The van der Waals surface area contributed by atoms with Gasteiger partial charge in [-0.25, -0.2) is 0 Å². The average molecular weight is 352 g/mol. The van der Waals surface area contributed by atoms with Crippen molar-refractivity contribution in [2.75, 3.05) is 11.9 Å². The van der Waals surface area contributed by atoms with Crippen molar-refractivity contribution < 1.29 is 14.3 Å². The number of benzene rings is 1. The molecule has 1 aromatic rings. The van der Waals surface area contributed by atoms with Crippen molar-refractivity contribution in [3.8, 4) is 0 Å². The van der Waals surface area contributed by atoms with Gasteiger partial charge in [0.25, 0.3) is 5.91 Å². The number of esters is 1. The van der Waals surface area contributed by atoms with E-state index in [0.717, 1.165) is 22.9 Å². The first-order chi connectivity index (χ1) is 10.1. The van der Waals surface area contributed by atoms with E-state index < -0.39 is 0 Å². The molecule has 1 amide bonds. The molecule has 21 heavy (non-hydrogen) atoms. The Morgan fingerprint density at radius 1 is 1.38 bits per heavy atom. The minimum absolute atomic E-state index is 0.117. The third kappa shape index (κ3) is 4.70. The second-order valence-electron chi connectivity index (χ2n) is 5.12. The molecule has 0 saturated carbocycles. The van der Waals surface area contributed by atoms with E-state index in [9.17, 15) is 9.59 Å². The van der Waals surface area contributed by atoms with Crippen molar-refractivity contribution in [3.63, 3.8) is 0 Å². The van der Waals surface area contributed by atoms with E-state index in [1.54, 1.807) is 0 Å². The summed E-state index contributed by atoms with van der Waals surface area (Å²) < 4.78 is 5.88. The van der Waals surface area contributed by atoms with Gasteiger partial charge in [-0.15, -0.1) is 0 Å². The molecule has 1 N–H and O–H groups in total. The summed E-state index contributed by atoms with van der Waals surface area (Å²) in [6.07, 6.45) is 6.43. The number of halogens is 1. The van der Waals surface area contributed by atoms with Gasteiger partial charge in [-0.3, -0.25) is 9.59 Å². The number of ether oxygens (including phenoxy) is 1. The number of nitrogens with one attached hydrogen (secondary N) is 1. The summed E-state index contributed by atoms with van der Waals surface area (Å²) in [6.45, 7) is 1.72. The number of amides is 1. The van der Waals surface area contributed by atoms with Crippen molar-refractivity contribution in [2.45, 2.75) is 26.2 Å². The molecule has 4 nitrogen and oxygen atoms in total. The topological polar surface area (TPSA) is 55.4 Å². The van der Waals surface area contributed by atoms with E-state index in [2.05, 4.69) is 27.3 Å². The predicted molar refractivity (Wildman–Crippen MR) is 84.9 cm³/mol. The van der Waals surface area contributed by atoms with Crippen LogP contribution in [0.5, 0.6) is 0 Å². The zero-order chi connectivity index (χ0) is 15.2. The van der Waals surface area contributed by atoms with E-state index in [4.69, 9.17) is 4.74 Å². The van der Waals surface area contributed by atoms with Gasteiger partial charge in [-0.2, -0.15) is 0 Å². The number of carbonyl (C=O) groups is 2. The van der Waals surface area contributed by atoms with E-state index in [1.807, 2.05) is 31.2 Å². The van der Waals surface area contributed by atoms with Gasteiger partial charge in [0.15, 0.2) is 6.61 Å². The van der Waals surface area contributed by atoms with Gasteiger partial charge in [0.1, 0.15) is 0 Å². The number of hydrogen-bond acceptors (Lipinski definition) is 3. The molecule has 1 atom stereocenters. The molecule has 5 heteroatoms. The van der Waals surface area contributed by atoms with Crippen molar-refractivity contribution in [2.24, 2.45) is 5.92 Å². The first-order valence-electron chi connectivity index (χ1n) is 6.94. The Morgan fingerprint density at radius 3 is 2.86 bits per heavy atom. The van der Waals surface area contributed by atoms with Crippen LogP contribution in [0, 0.1) is 12.8 Å². The van der Waals surface area contributed by atoms with Gasteiger partial charge in [-0.05, 0) is 59.8 Å². The van der Waals surface area contributed by atoms with Crippen LogP contribution in [-0.2, 0) is 14.3 Å². The third-order valence-corrected chi connectivity index (χ3v) is 4.00. The lowest BCUT2D eigenvalue weighted by Gasteiger charge is -2.16. The fourth-order valence-corrected chi connectivity index (χ4v) is 2.76. The maximum atomic E-state index is 11.8. The van der Waals surface area contributed by atoms with Gasteiger partial charge in [0, 0.05) is 4.47 Å². The Balaban J connectivity index is 1.81. The second kappa shape index (κ2) is 7.41. The Morgan fingerprint density at radius 2 is 2.19 bits per heavy atom. The quantitative estimate of drug-likeness (QED) is 0.666. The largest absolute Gasteiger partial charge is 0.455 e. The number of anilines is 1. The first-order valence-corrected chi connectivity index (χ1v) is 7.73. The minimum atomic E-state index is -0.334. The van der Waals surface area contributed by atoms with Crippen molar-refractivity contribution in [1.29, 1.82) is 0 Å². The number of allylic oxidation sites excluding steroid dienone is 2. The van der Waals surface area contributed by atoms with Crippen LogP contribution in [0.25, 0.3) is 0 Å². The molecule has 0 heterocycles. The van der Waals surface area contributed by atoms with Crippen molar-refractivity contribution in [1.82, 2.24) is 0 Å². The van der Waals surface area contributed by atoms with E-state index in [0.29, 0.717) is 12.1 Å². The van der Waals surface area contributed by atoms with Gasteiger partial charge in [-0.1, -0.05) is 18.2 Å². The molecular weight excluding hydrogens is 334 g/mol. The van der Waals surface area contributed by atoms with Gasteiger partial charge < -0.3 is 10.1 Å². The zero-order valence-electron chi connectivity index (χ0n) is 11.9. The monoisotopic (exact) mass is 351 g/mol. The highest BCUT2D eigenvalue weighted by Gasteiger charge is 2.21. The molecular formula is C16H18BrNO3. The van der Waals surface area contributed by atoms with Gasteiger partial charge in [0.05, 0.1) is 11.6 Å². The molecule has 0 radical (unpaired) electrons. The van der Waals surface area contributed by atoms with Crippen molar-refractivity contribution >= 4 is 33.5 Å². The van der Waals surface area contributed by atoms with Crippen LogP contribution in [0.4, 0.5) is 5.69 Å². The molecule has 0 bridgehead atoms. The maximum Gasteiger partial charge on any atom is 0.309 e. The highest BCUT2D eigenvalue weighted by molar-refractivity contribution is 9.10. The Bertz CT molecular complexity index is 569. The summed E-state index contributed by atoms with van der Waals surface area (Å²) in [7, 11) is 0. The molecule has 0 aromatic heterocycles.